The van der Waals surface area contributed by atoms with Gasteiger partial charge in [0.1, 0.15) is 11.9 Å². The molecule has 4 heteroatoms. The Morgan fingerprint density at radius 1 is 1.05 bits per heavy atom. The van der Waals surface area contributed by atoms with Crippen molar-refractivity contribution in [2.75, 3.05) is 7.11 Å². The minimum atomic E-state index is -0.735. The number of benzene rings is 2. The molecule has 0 bridgehead atoms. The monoisotopic (exact) mass is 384 g/mol. The van der Waals surface area contributed by atoms with E-state index in [2.05, 4.69) is 31.9 Å². The van der Waals surface area contributed by atoms with Gasteiger partial charge < -0.3 is 9.84 Å². The van der Waals surface area contributed by atoms with E-state index in [9.17, 15) is 5.11 Å². The average molecular weight is 386 g/mol. The minimum absolute atomic E-state index is 0.685. The van der Waals surface area contributed by atoms with Crippen molar-refractivity contribution in [3.63, 3.8) is 0 Å². The third kappa shape index (κ3) is 3.19. The molecule has 0 aliphatic carbocycles. The molecule has 2 aromatic rings. The number of hydrogen-bond acceptors (Lipinski definition) is 2. The summed E-state index contributed by atoms with van der Waals surface area (Å²) < 4.78 is 7.12. The molecule has 1 unspecified atom stereocenters. The number of rotatable bonds is 3. The van der Waals surface area contributed by atoms with Gasteiger partial charge in [0.15, 0.2) is 0 Å². The third-order valence-corrected chi connectivity index (χ3v) is 4.15. The van der Waals surface area contributed by atoms with Crippen LogP contribution in [-0.4, -0.2) is 12.2 Å². The van der Waals surface area contributed by atoms with Gasteiger partial charge in [-0.3, -0.25) is 0 Å². The Labute approximate surface area is 129 Å². The summed E-state index contributed by atoms with van der Waals surface area (Å²) in [6.07, 6.45) is -0.735. The highest BCUT2D eigenvalue weighted by atomic mass is 79.9. The summed E-state index contributed by atoms with van der Waals surface area (Å²) >= 11 is 6.90. The summed E-state index contributed by atoms with van der Waals surface area (Å²) in [5.74, 6) is 0.685. The van der Waals surface area contributed by atoms with Crippen molar-refractivity contribution in [2.45, 2.75) is 13.0 Å². The maximum absolute atomic E-state index is 10.6. The van der Waals surface area contributed by atoms with Gasteiger partial charge in [-0.25, -0.2) is 0 Å². The molecule has 0 aliphatic heterocycles. The van der Waals surface area contributed by atoms with Crippen LogP contribution in [0.3, 0.4) is 0 Å². The number of aliphatic hydroxyl groups is 1. The van der Waals surface area contributed by atoms with Crippen LogP contribution in [0.1, 0.15) is 22.8 Å². The molecule has 19 heavy (non-hydrogen) atoms. The summed E-state index contributed by atoms with van der Waals surface area (Å²) in [4.78, 5) is 0. The summed E-state index contributed by atoms with van der Waals surface area (Å²) in [7, 11) is 1.61. The zero-order chi connectivity index (χ0) is 14.0. The molecule has 1 atom stereocenters. The second-order valence-corrected chi connectivity index (χ2v) is 6.08. The van der Waals surface area contributed by atoms with Gasteiger partial charge in [0.05, 0.1) is 7.11 Å². The van der Waals surface area contributed by atoms with E-state index in [0.29, 0.717) is 5.75 Å². The van der Waals surface area contributed by atoms with E-state index < -0.39 is 6.10 Å². The molecule has 0 amide bonds. The van der Waals surface area contributed by atoms with E-state index in [0.717, 1.165) is 25.6 Å². The molecule has 0 aliphatic rings. The van der Waals surface area contributed by atoms with Gasteiger partial charge in [0.25, 0.3) is 0 Å². The fourth-order valence-corrected chi connectivity index (χ4v) is 2.80. The molecule has 0 fully saturated rings. The van der Waals surface area contributed by atoms with Gasteiger partial charge in [0.2, 0.25) is 0 Å². The largest absolute Gasteiger partial charge is 0.496 e. The van der Waals surface area contributed by atoms with E-state index in [1.807, 2.05) is 43.3 Å². The highest BCUT2D eigenvalue weighted by Crippen LogP contribution is 2.35. The van der Waals surface area contributed by atoms with Crippen LogP contribution < -0.4 is 4.74 Å². The second-order valence-electron chi connectivity index (χ2n) is 4.31. The maximum Gasteiger partial charge on any atom is 0.125 e. The van der Waals surface area contributed by atoms with Crippen LogP contribution in [0.5, 0.6) is 5.75 Å². The van der Waals surface area contributed by atoms with Crippen molar-refractivity contribution in [3.8, 4) is 5.75 Å². The van der Waals surface area contributed by atoms with Crippen LogP contribution >= 0.6 is 31.9 Å². The Balaban J connectivity index is 2.51. The van der Waals surface area contributed by atoms with Gasteiger partial charge in [-0.05, 0) is 37.3 Å². The van der Waals surface area contributed by atoms with Crippen molar-refractivity contribution in [3.05, 3.63) is 62.0 Å². The van der Waals surface area contributed by atoms with Crippen LogP contribution in [0.4, 0.5) is 0 Å². The average Bonchev–Trinajstić information content (AvgIpc) is 2.40. The Morgan fingerprint density at radius 2 is 1.79 bits per heavy atom. The molecule has 2 rings (SSSR count). The van der Waals surface area contributed by atoms with Crippen molar-refractivity contribution in [2.24, 2.45) is 0 Å². The fraction of sp³-hybridized carbons (Fsp3) is 0.200. The van der Waals surface area contributed by atoms with Crippen molar-refractivity contribution >= 4 is 31.9 Å². The number of hydrogen-bond donors (Lipinski definition) is 1. The fourth-order valence-electron chi connectivity index (χ4n) is 1.96. The molecule has 0 saturated heterocycles. The van der Waals surface area contributed by atoms with Gasteiger partial charge in [-0.1, -0.05) is 43.5 Å². The molecular weight excluding hydrogens is 372 g/mol. The lowest BCUT2D eigenvalue weighted by Crippen LogP contribution is -2.04. The Morgan fingerprint density at radius 3 is 2.47 bits per heavy atom. The predicted octanol–water partition coefficient (Wildman–Crippen LogP) is 4.61. The lowest BCUT2D eigenvalue weighted by atomic mass is 9.99. The first-order valence-corrected chi connectivity index (χ1v) is 7.39. The molecule has 0 aromatic heterocycles. The normalized spacial score (nSPS) is 12.3. The van der Waals surface area contributed by atoms with Crippen molar-refractivity contribution in [1.82, 2.24) is 0 Å². The second kappa shape index (κ2) is 6.07. The Hall–Kier alpha value is -0.840. The van der Waals surface area contributed by atoms with Crippen LogP contribution in [0.15, 0.2) is 45.3 Å². The zero-order valence-corrected chi connectivity index (χ0v) is 13.8. The van der Waals surface area contributed by atoms with Crippen LogP contribution in [0.2, 0.25) is 0 Å². The third-order valence-electron chi connectivity index (χ3n) is 2.93. The topological polar surface area (TPSA) is 29.5 Å². The number of halogens is 2. The number of aliphatic hydroxyl groups excluding tert-OH is 1. The van der Waals surface area contributed by atoms with Gasteiger partial charge in [0, 0.05) is 20.1 Å². The summed E-state index contributed by atoms with van der Waals surface area (Å²) in [5, 5.41) is 10.6. The first-order chi connectivity index (χ1) is 9.02. The molecule has 2 nitrogen and oxygen atoms in total. The number of methoxy groups -OCH3 is 1. The quantitative estimate of drug-likeness (QED) is 0.835. The highest BCUT2D eigenvalue weighted by Gasteiger charge is 2.18. The first kappa shape index (κ1) is 14.6. The molecule has 0 spiro atoms. The molecule has 2 aromatic carbocycles. The molecule has 100 valence electrons. The lowest BCUT2D eigenvalue weighted by molar-refractivity contribution is 0.214. The minimum Gasteiger partial charge on any atom is -0.496 e. The van der Waals surface area contributed by atoms with Gasteiger partial charge in [-0.2, -0.15) is 0 Å². The number of aryl methyl sites for hydroxylation is 1. The molecule has 0 heterocycles. The standard InChI is InChI=1S/C15H14Br2O2/c1-9-3-6-14(19-2)12(7-9)15(18)11-8-10(16)4-5-13(11)17/h3-8,15,18H,1-2H3. The van der Waals surface area contributed by atoms with Crippen molar-refractivity contribution in [1.29, 1.82) is 0 Å². The van der Waals surface area contributed by atoms with Crippen LogP contribution in [-0.2, 0) is 0 Å². The van der Waals surface area contributed by atoms with E-state index in [-0.39, 0.29) is 0 Å². The van der Waals surface area contributed by atoms with Crippen LogP contribution in [0.25, 0.3) is 0 Å². The molecular formula is C15H14Br2O2. The van der Waals surface area contributed by atoms with Crippen molar-refractivity contribution < 1.29 is 9.84 Å². The SMILES string of the molecule is COc1ccc(C)cc1C(O)c1cc(Br)ccc1Br. The maximum atomic E-state index is 10.6. The smallest absolute Gasteiger partial charge is 0.125 e. The van der Waals surface area contributed by atoms with E-state index in [1.165, 1.54) is 0 Å². The Bertz CT molecular complexity index is 597. The van der Waals surface area contributed by atoms with E-state index in [4.69, 9.17) is 4.74 Å². The first-order valence-electron chi connectivity index (χ1n) is 5.80. The van der Waals surface area contributed by atoms with E-state index in [1.54, 1.807) is 7.11 Å². The summed E-state index contributed by atoms with van der Waals surface area (Å²) in [6, 6.07) is 11.5. The summed E-state index contributed by atoms with van der Waals surface area (Å²) in [6.45, 7) is 1.99. The highest BCUT2D eigenvalue weighted by molar-refractivity contribution is 9.11. The molecule has 0 radical (unpaired) electrons. The number of ether oxygens (including phenoxy) is 1. The lowest BCUT2D eigenvalue weighted by Gasteiger charge is -2.17. The Kier molecular flexibility index (Phi) is 4.66. The molecule has 1 N–H and O–H groups in total. The van der Waals surface area contributed by atoms with E-state index >= 15 is 0 Å². The molecule has 0 saturated carbocycles. The summed E-state index contributed by atoms with van der Waals surface area (Å²) in [5.41, 5.74) is 2.65. The van der Waals surface area contributed by atoms with Gasteiger partial charge in [-0.15, -0.1) is 0 Å². The zero-order valence-electron chi connectivity index (χ0n) is 10.7. The van der Waals surface area contributed by atoms with Gasteiger partial charge >= 0.3 is 0 Å². The van der Waals surface area contributed by atoms with Crippen LogP contribution in [0, 0.1) is 6.92 Å². The predicted molar refractivity (Wildman–Crippen MR) is 83.6 cm³/mol.